The van der Waals surface area contributed by atoms with Gasteiger partial charge in [0.15, 0.2) is 0 Å². The normalized spacial score (nSPS) is 10.5. The zero-order chi connectivity index (χ0) is 6.57. The van der Waals surface area contributed by atoms with E-state index in [1.807, 2.05) is 0 Å². The second kappa shape index (κ2) is 4.31. The van der Waals surface area contributed by atoms with E-state index in [0.717, 1.165) is 6.54 Å². The third-order valence-electron chi connectivity index (χ3n) is 1.25. The van der Waals surface area contributed by atoms with Gasteiger partial charge in [-0.1, -0.05) is 0 Å². The molecule has 0 heterocycles. The SMILES string of the molecule is CC(C)N(C)C[CH]=[V]. The van der Waals surface area contributed by atoms with Gasteiger partial charge in [0.2, 0.25) is 0 Å². The van der Waals surface area contributed by atoms with Crippen LogP contribution in [0.2, 0.25) is 0 Å². The summed E-state index contributed by atoms with van der Waals surface area (Å²) < 4.78 is 2.10. The van der Waals surface area contributed by atoms with E-state index in [1.54, 1.807) is 0 Å². The molecule has 0 aliphatic carbocycles. The van der Waals surface area contributed by atoms with Gasteiger partial charge in [-0.25, -0.2) is 0 Å². The molecule has 0 spiro atoms. The summed E-state index contributed by atoms with van der Waals surface area (Å²) in [6, 6.07) is 0.662. The monoisotopic (exact) mass is 150 g/mol. The van der Waals surface area contributed by atoms with Crippen molar-refractivity contribution >= 4 is 4.73 Å². The second-order valence-electron chi connectivity index (χ2n) is 2.22. The summed E-state index contributed by atoms with van der Waals surface area (Å²) in [5.41, 5.74) is 0. The van der Waals surface area contributed by atoms with Gasteiger partial charge in [0.1, 0.15) is 0 Å². The standard InChI is InChI=1S/C6H13N.V/c1-5-7(4)6(2)3;/h1,6H,5H2,2-4H3;. The Labute approximate surface area is 60.6 Å². The molecule has 0 rings (SSSR count). The van der Waals surface area contributed by atoms with E-state index in [1.165, 1.54) is 0 Å². The van der Waals surface area contributed by atoms with Crippen LogP contribution in [0, 0.1) is 0 Å². The van der Waals surface area contributed by atoms with Gasteiger partial charge < -0.3 is 0 Å². The van der Waals surface area contributed by atoms with Gasteiger partial charge in [0, 0.05) is 0 Å². The zero-order valence-electron chi connectivity index (χ0n) is 5.76. The minimum atomic E-state index is 0.662. The Kier molecular flexibility index (Phi) is 4.53. The molecule has 0 amide bonds. The van der Waals surface area contributed by atoms with Crippen LogP contribution in [0.1, 0.15) is 13.8 Å². The summed E-state index contributed by atoms with van der Waals surface area (Å²) >= 11 is 2.47. The third-order valence-corrected chi connectivity index (χ3v) is 1.51. The number of hydrogen-bond acceptors (Lipinski definition) is 1. The number of rotatable bonds is 3. The molecule has 0 N–H and O–H groups in total. The Morgan fingerprint density at radius 3 is 2.25 bits per heavy atom. The first-order valence-corrected chi connectivity index (χ1v) is 3.65. The van der Waals surface area contributed by atoms with Crippen LogP contribution in [-0.2, 0) is 17.0 Å². The summed E-state index contributed by atoms with van der Waals surface area (Å²) in [5.74, 6) is 0. The summed E-state index contributed by atoms with van der Waals surface area (Å²) in [5, 5.41) is 0. The maximum absolute atomic E-state index is 2.47. The molecule has 0 aromatic rings. The van der Waals surface area contributed by atoms with Crippen LogP contribution in [0.25, 0.3) is 0 Å². The molecular formula is C6H13NV. The van der Waals surface area contributed by atoms with Crippen molar-refractivity contribution in [3.63, 3.8) is 0 Å². The summed E-state index contributed by atoms with van der Waals surface area (Å²) in [7, 11) is 2.12. The van der Waals surface area contributed by atoms with Crippen LogP contribution < -0.4 is 0 Å². The molecule has 0 saturated carbocycles. The van der Waals surface area contributed by atoms with Gasteiger partial charge in [-0.05, 0) is 0 Å². The second-order valence-corrected chi connectivity index (χ2v) is 2.79. The van der Waals surface area contributed by atoms with Crippen LogP contribution in [0.5, 0.6) is 0 Å². The van der Waals surface area contributed by atoms with Crippen molar-refractivity contribution in [2.75, 3.05) is 13.6 Å². The van der Waals surface area contributed by atoms with Crippen molar-refractivity contribution in [3.05, 3.63) is 0 Å². The van der Waals surface area contributed by atoms with Crippen molar-refractivity contribution in [1.29, 1.82) is 0 Å². The van der Waals surface area contributed by atoms with Crippen molar-refractivity contribution in [1.82, 2.24) is 4.90 Å². The van der Waals surface area contributed by atoms with Crippen LogP contribution >= 0.6 is 0 Å². The van der Waals surface area contributed by atoms with Crippen molar-refractivity contribution < 1.29 is 17.0 Å². The van der Waals surface area contributed by atoms with E-state index >= 15 is 0 Å². The van der Waals surface area contributed by atoms with E-state index in [9.17, 15) is 0 Å². The Morgan fingerprint density at radius 1 is 1.62 bits per heavy atom. The predicted molar refractivity (Wildman–Crippen MR) is 33.8 cm³/mol. The Morgan fingerprint density at radius 2 is 2.12 bits per heavy atom. The van der Waals surface area contributed by atoms with E-state index in [-0.39, 0.29) is 0 Å². The summed E-state index contributed by atoms with van der Waals surface area (Å²) in [6.07, 6.45) is 0. The molecule has 0 aliphatic heterocycles. The minimum absolute atomic E-state index is 0.662. The molecule has 0 saturated heterocycles. The molecule has 0 aromatic heterocycles. The van der Waals surface area contributed by atoms with Crippen LogP contribution in [0.4, 0.5) is 0 Å². The van der Waals surface area contributed by atoms with Gasteiger partial charge in [-0.3, -0.25) is 0 Å². The van der Waals surface area contributed by atoms with E-state index in [2.05, 4.69) is 47.5 Å². The molecule has 0 aromatic carbocycles. The quantitative estimate of drug-likeness (QED) is 0.571. The number of nitrogens with zero attached hydrogens (tertiary/aromatic N) is 1. The first kappa shape index (κ1) is 8.41. The topological polar surface area (TPSA) is 3.24 Å². The summed E-state index contributed by atoms with van der Waals surface area (Å²) in [6.45, 7) is 5.45. The summed E-state index contributed by atoms with van der Waals surface area (Å²) in [4.78, 5) is 2.28. The van der Waals surface area contributed by atoms with E-state index < -0.39 is 0 Å². The van der Waals surface area contributed by atoms with Crippen LogP contribution in [0.3, 0.4) is 0 Å². The fourth-order valence-electron chi connectivity index (χ4n) is 0.340. The molecule has 0 aliphatic rings. The van der Waals surface area contributed by atoms with Gasteiger partial charge in [0.05, 0.1) is 0 Å². The van der Waals surface area contributed by atoms with Crippen LogP contribution in [-0.4, -0.2) is 29.3 Å². The number of hydrogen-bond donors (Lipinski definition) is 0. The first-order valence-electron chi connectivity index (χ1n) is 2.84. The molecule has 47 valence electrons. The van der Waals surface area contributed by atoms with E-state index in [0.29, 0.717) is 6.04 Å². The van der Waals surface area contributed by atoms with Crippen LogP contribution in [0.15, 0.2) is 0 Å². The van der Waals surface area contributed by atoms with E-state index in [4.69, 9.17) is 0 Å². The molecule has 8 heavy (non-hydrogen) atoms. The Hall–Kier alpha value is 0.414. The molecule has 0 fully saturated rings. The molecule has 0 bridgehead atoms. The molecule has 0 atom stereocenters. The molecular weight excluding hydrogens is 137 g/mol. The molecule has 0 radical (unpaired) electrons. The fraction of sp³-hybridized carbons (Fsp3) is 0.833. The van der Waals surface area contributed by atoms with Gasteiger partial charge >= 0.3 is 60.1 Å². The van der Waals surface area contributed by atoms with Crippen molar-refractivity contribution in [3.8, 4) is 0 Å². The first-order chi connectivity index (χ1) is 3.68. The third kappa shape index (κ3) is 3.42. The Balaban J connectivity index is 3.30. The predicted octanol–water partition coefficient (Wildman–Crippen LogP) is 0.676. The average molecular weight is 150 g/mol. The fourth-order valence-corrected chi connectivity index (χ4v) is 0.742. The molecule has 2 heteroatoms. The Bertz CT molecular complexity index is 70.9. The van der Waals surface area contributed by atoms with Gasteiger partial charge in [0.25, 0.3) is 0 Å². The van der Waals surface area contributed by atoms with Crippen molar-refractivity contribution in [2.45, 2.75) is 19.9 Å². The van der Waals surface area contributed by atoms with Crippen molar-refractivity contribution in [2.24, 2.45) is 0 Å². The average Bonchev–Trinajstić information content (AvgIpc) is 1.67. The molecule has 0 unspecified atom stereocenters. The zero-order valence-corrected chi connectivity index (χ0v) is 7.15. The molecule has 1 nitrogen and oxygen atoms in total. The maximum atomic E-state index is 2.47. The van der Waals surface area contributed by atoms with Gasteiger partial charge in [-0.15, -0.1) is 0 Å². The van der Waals surface area contributed by atoms with Gasteiger partial charge in [-0.2, -0.15) is 0 Å².